The number of benzene rings is 1. The SMILES string of the molecule is C[C@H]1COc2c(N3C[C@@H](N)CC(C)(C)C3)c(F)cc3c(=O)c(C(=O)O)cn1c23. The first-order valence-electron chi connectivity index (χ1n) is 9.37. The topological polar surface area (TPSA) is 97.8 Å². The molecule has 0 unspecified atom stereocenters. The first kappa shape index (κ1) is 18.7. The number of piperidine rings is 1. The van der Waals surface area contributed by atoms with Crippen molar-refractivity contribution in [3.8, 4) is 5.75 Å². The molecule has 0 amide bonds. The average Bonchev–Trinajstić information content (AvgIpc) is 2.57. The molecule has 8 heteroatoms. The van der Waals surface area contributed by atoms with E-state index in [1.165, 1.54) is 6.20 Å². The summed E-state index contributed by atoms with van der Waals surface area (Å²) >= 11 is 0. The number of anilines is 1. The standard InChI is InChI=1S/C20H24FN3O4/c1-10-8-28-18-15-12(17(25)13(19(26)27)7-24(10)15)4-14(21)16(18)23-6-11(22)5-20(2,3)9-23/h4,7,10-11H,5-6,8-9,22H2,1-3H3,(H,26,27)/t10-,11-/m0/s1. The van der Waals surface area contributed by atoms with Crippen LogP contribution in [0.2, 0.25) is 0 Å². The monoisotopic (exact) mass is 389 g/mol. The molecule has 28 heavy (non-hydrogen) atoms. The van der Waals surface area contributed by atoms with Crippen LogP contribution in [-0.2, 0) is 0 Å². The van der Waals surface area contributed by atoms with E-state index in [2.05, 4.69) is 13.8 Å². The molecule has 2 aliphatic heterocycles. The van der Waals surface area contributed by atoms with E-state index in [0.29, 0.717) is 24.3 Å². The second kappa shape index (κ2) is 6.20. The van der Waals surface area contributed by atoms with Crippen molar-refractivity contribution in [3.63, 3.8) is 0 Å². The molecule has 1 aromatic heterocycles. The second-order valence-electron chi connectivity index (χ2n) is 8.69. The Labute approximate surface area is 161 Å². The lowest BCUT2D eigenvalue weighted by Gasteiger charge is -2.43. The lowest BCUT2D eigenvalue weighted by molar-refractivity contribution is 0.0694. The smallest absolute Gasteiger partial charge is 0.341 e. The molecule has 4 rings (SSSR count). The van der Waals surface area contributed by atoms with Crippen molar-refractivity contribution in [1.29, 1.82) is 0 Å². The highest BCUT2D eigenvalue weighted by Crippen LogP contribution is 2.44. The van der Waals surface area contributed by atoms with Crippen LogP contribution in [0.3, 0.4) is 0 Å². The molecule has 3 N–H and O–H groups in total. The zero-order valence-corrected chi connectivity index (χ0v) is 16.2. The van der Waals surface area contributed by atoms with Crippen LogP contribution < -0.4 is 20.8 Å². The van der Waals surface area contributed by atoms with Crippen LogP contribution in [0.5, 0.6) is 5.75 Å². The van der Waals surface area contributed by atoms with Crippen molar-refractivity contribution in [1.82, 2.24) is 4.57 Å². The van der Waals surface area contributed by atoms with Crippen LogP contribution in [0.4, 0.5) is 10.1 Å². The van der Waals surface area contributed by atoms with Crippen molar-refractivity contribution in [2.24, 2.45) is 11.1 Å². The molecule has 0 spiro atoms. The van der Waals surface area contributed by atoms with Crippen LogP contribution in [0.15, 0.2) is 17.1 Å². The number of aromatic nitrogens is 1. The number of hydrogen-bond acceptors (Lipinski definition) is 5. The van der Waals surface area contributed by atoms with Crippen LogP contribution in [0.1, 0.15) is 43.6 Å². The maximum absolute atomic E-state index is 15.2. The third kappa shape index (κ3) is 2.83. The third-order valence-electron chi connectivity index (χ3n) is 5.58. The van der Waals surface area contributed by atoms with Crippen molar-refractivity contribution >= 4 is 22.6 Å². The number of pyridine rings is 1. The fraction of sp³-hybridized carbons (Fsp3) is 0.500. The number of carboxylic acids is 1. The van der Waals surface area contributed by atoms with Crippen molar-refractivity contribution in [3.05, 3.63) is 33.9 Å². The van der Waals surface area contributed by atoms with Gasteiger partial charge in [0.15, 0.2) is 11.6 Å². The summed E-state index contributed by atoms with van der Waals surface area (Å²) in [4.78, 5) is 26.0. The van der Waals surface area contributed by atoms with Gasteiger partial charge in [0.25, 0.3) is 0 Å². The first-order valence-corrected chi connectivity index (χ1v) is 9.37. The van der Waals surface area contributed by atoms with Crippen molar-refractivity contribution in [2.45, 2.75) is 39.3 Å². The van der Waals surface area contributed by atoms with E-state index in [4.69, 9.17) is 10.5 Å². The highest BCUT2D eigenvalue weighted by molar-refractivity contribution is 5.97. The maximum atomic E-state index is 15.2. The van der Waals surface area contributed by atoms with E-state index in [-0.39, 0.29) is 40.8 Å². The lowest BCUT2D eigenvalue weighted by atomic mass is 9.81. The molecule has 0 saturated carbocycles. The highest BCUT2D eigenvalue weighted by atomic mass is 19.1. The summed E-state index contributed by atoms with van der Waals surface area (Å²) in [6, 6.07) is 0.839. The summed E-state index contributed by atoms with van der Waals surface area (Å²) in [6.07, 6.45) is 2.16. The fourth-order valence-electron chi connectivity index (χ4n) is 4.53. The Morgan fingerprint density at radius 2 is 2.14 bits per heavy atom. The molecule has 2 aliphatic rings. The summed E-state index contributed by atoms with van der Waals surface area (Å²) in [5, 5.41) is 9.39. The number of carbonyl (C=O) groups is 1. The minimum atomic E-state index is -1.33. The molecule has 3 heterocycles. The summed E-state index contributed by atoms with van der Waals surface area (Å²) in [5.41, 5.74) is 5.75. The number of ether oxygens (including phenoxy) is 1. The van der Waals surface area contributed by atoms with E-state index in [1.54, 1.807) is 4.57 Å². The van der Waals surface area contributed by atoms with Crippen LogP contribution in [-0.4, -0.2) is 41.4 Å². The zero-order chi connectivity index (χ0) is 20.4. The molecule has 2 atom stereocenters. The van der Waals surface area contributed by atoms with Gasteiger partial charge in [-0.1, -0.05) is 13.8 Å². The highest BCUT2D eigenvalue weighted by Gasteiger charge is 2.36. The Kier molecular flexibility index (Phi) is 4.15. The Morgan fingerprint density at radius 3 is 2.79 bits per heavy atom. The van der Waals surface area contributed by atoms with Crippen LogP contribution in [0.25, 0.3) is 10.9 Å². The normalized spacial score (nSPS) is 23.5. The molecule has 0 aliphatic carbocycles. The van der Waals surface area contributed by atoms with E-state index in [1.807, 2.05) is 11.8 Å². The summed E-state index contributed by atoms with van der Waals surface area (Å²) < 4.78 is 22.8. The van der Waals surface area contributed by atoms with Crippen LogP contribution >= 0.6 is 0 Å². The van der Waals surface area contributed by atoms with Crippen molar-refractivity contribution in [2.75, 3.05) is 24.6 Å². The van der Waals surface area contributed by atoms with Crippen LogP contribution in [0, 0.1) is 11.2 Å². The first-order chi connectivity index (χ1) is 13.1. The minimum Gasteiger partial charge on any atom is -0.487 e. The maximum Gasteiger partial charge on any atom is 0.341 e. The van der Waals surface area contributed by atoms with Gasteiger partial charge in [-0.3, -0.25) is 4.79 Å². The largest absolute Gasteiger partial charge is 0.487 e. The van der Waals surface area contributed by atoms with Gasteiger partial charge in [-0.25, -0.2) is 9.18 Å². The molecule has 150 valence electrons. The number of halogens is 1. The number of rotatable bonds is 2. The molecular weight excluding hydrogens is 365 g/mol. The van der Waals surface area contributed by atoms with Gasteiger partial charge in [-0.2, -0.15) is 0 Å². The van der Waals surface area contributed by atoms with Gasteiger partial charge in [0.2, 0.25) is 5.43 Å². The van der Waals surface area contributed by atoms with Crippen molar-refractivity contribution < 1.29 is 19.0 Å². The molecule has 2 aromatic rings. The quantitative estimate of drug-likeness (QED) is 0.818. The summed E-state index contributed by atoms with van der Waals surface area (Å²) in [6.45, 7) is 7.37. The molecule has 0 bridgehead atoms. The fourth-order valence-corrected chi connectivity index (χ4v) is 4.53. The molecule has 1 aromatic carbocycles. The van der Waals surface area contributed by atoms with Gasteiger partial charge in [0.05, 0.1) is 16.9 Å². The molecule has 1 fully saturated rings. The zero-order valence-electron chi connectivity index (χ0n) is 16.2. The molecular formula is C20H24FN3O4. The van der Waals surface area contributed by atoms with Gasteiger partial charge in [-0.05, 0) is 24.8 Å². The Balaban J connectivity index is 2.01. The molecule has 1 saturated heterocycles. The van der Waals surface area contributed by atoms with Gasteiger partial charge < -0.3 is 25.0 Å². The molecule has 7 nitrogen and oxygen atoms in total. The Bertz CT molecular complexity index is 1050. The van der Waals surface area contributed by atoms with Gasteiger partial charge in [0.1, 0.15) is 17.9 Å². The minimum absolute atomic E-state index is 0.0169. The van der Waals surface area contributed by atoms with E-state index in [9.17, 15) is 14.7 Å². The predicted octanol–water partition coefficient (Wildman–Crippen LogP) is 2.36. The van der Waals surface area contributed by atoms with E-state index in [0.717, 1.165) is 12.5 Å². The predicted molar refractivity (Wildman–Crippen MR) is 104 cm³/mol. The number of nitrogens with two attached hydrogens (primary N) is 1. The van der Waals surface area contributed by atoms with Gasteiger partial charge >= 0.3 is 5.97 Å². The number of carboxylic acid groups (broad SMARTS) is 1. The average molecular weight is 389 g/mol. The third-order valence-corrected chi connectivity index (χ3v) is 5.58. The molecule has 0 radical (unpaired) electrons. The Hall–Kier alpha value is -2.61. The number of aromatic carboxylic acids is 1. The number of hydrogen-bond donors (Lipinski definition) is 2. The number of nitrogens with zero attached hydrogens (tertiary/aromatic N) is 2. The summed E-state index contributed by atoms with van der Waals surface area (Å²) in [7, 11) is 0. The lowest BCUT2D eigenvalue weighted by Crippen LogP contribution is -2.51. The van der Waals surface area contributed by atoms with Gasteiger partial charge in [-0.15, -0.1) is 0 Å². The second-order valence-corrected chi connectivity index (χ2v) is 8.69. The Morgan fingerprint density at radius 1 is 1.43 bits per heavy atom. The van der Waals surface area contributed by atoms with Gasteiger partial charge in [0, 0.05) is 25.3 Å². The summed E-state index contributed by atoms with van der Waals surface area (Å²) in [5.74, 6) is -1.65. The van der Waals surface area contributed by atoms with E-state index < -0.39 is 17.2 Å². The van der Waals surface area contributed by atoms with E-state index >= 15 is 4.39 Å².